The summed E-state index contributed by atoms with van der Waals surface area (Å²) in [5, 5.41) is 3.25. The van der Waals surface area contributed by atoms with E-state index in [0.29, 0.717) is 11.6 Å². The lowest BCUT2D eigenvalue weighted by molar-refractivity contribution is -0.143. The summed E-state index contributed by atoms with van der Waals surface area (Å²) in [6.45, 7) is 3.49. The Balaban J connectivity index is 1.81. The first-order valence-corrected chi connectivity index (χ1v) is 7.77. The van der Waals surface area contributed by atoms with Crippen LogP contribution in [0.15, 0.2) is 18.5 Å². The molecular weight excluding hydrogens is 306 g/mol. The fourth-order valence-corrected chi connectivity index (χ4v) is 2.76. The van der Waals surface area contributed by atoms with Crippen molar-refractivity contribution in [2.45, 2.75) is 19.8 Å². The van der Waals surface area contributed by atoms with E-state index in [2.05, 4.69) is 15.2 Å². The Morgan fingerprint density at radius 1 is 1.45 bits per heavy atom. The molecule has 1 N–H and O–H groups in total. The zero-order valence-electron chi connectivity index (χ0n) is 12.5. The molecule has 1 aliphatic rings. The molecule has 1 amide bonds. The third-order valence-corrected chi connectivity index (χ3v) is 3.96. The number of halogens is 1. The number of rotatable bonds is 5. The number of aromatic nitrogens is 1. The number of piperidine rings is 1. The average molecular weight is 326 g/mol. The van der Waals surface area contributed by atoms with Crippen LogP contribution >= 0.6 is 11.6 Å². The van der Waals surface area contributed by atoms with Crippen LogP contribution in [0.25, 0.3) is 0 Å². The molecule has 0 aromatic carbocycles. The molecule has 2 heterocycles. The highest BCUT2D eigenvalue weighted by atomic mass is 35.5. The van der Waals surface area contributed by atoms with E-state index in [0.717, 1.165) is 31.6 Å². The van der Waals surface area contributed by atoms with Crippen molar-refractivity contribution in [1.82, 2.24) is 10.3 Å². The van der Waals surface area contributed by atoms with Crippen LogP contribution in [-0.4, -0.2) is 43.1 Å². The highest BCUT2D eigenvalue weighted by molar-refractivity contribution is 6.33. The minimum Gasteiger partial charge on any atom is -0.465 e. The lowest BCUT2D eigenvalue weighted by atomic mass is 9.95. The third kappa shape index (κ3) is 4.34. The molecule has 1 aromatic rings. The lowest BCUT2D eigenvalue weighted by Crippen LogP contribution is -2.42. The van der Waals surface area contributed by atoms with E-state index in [9.17, 15) is 9.59 Å². The highest BCUT2D eigenvalue weighted by Crippen LogP contribution is 2.28. The summed E-state index contributed by atoms with van der Waals surface area (Å²) in [7, 11) is 0. The van der Waals surface area contributed by atoms with Crippen molar-refractivity contribution in [3.05, 3.63) is 23.5 Å². The van der Waals surface area contributed by atoms with Crippen LogP contribution < -0.4 is 10.2 Å². The van der Waals surface area contributed by atoms with E-state index in [1.807, 2.05) is 6.07 Å². The number of carbonyl (C=O) groups excluding carboxylic acids is 2. The number of hydrogen-bond acceptors (Lipinski definition) is 5. The van der Waals surface area contributed by atoms with E-state index < -0.39 is 5.97 Å². The molecule has 6 nitrogen and oxygen atoms in total. The number of carbonyl (C=O) groups is 2. The summed E-state index contributed by atoms with van der Waals surface area (Å²) in [6, 6.07) is 1.88. The number of ether oxygens (including phenoxy) is 1. The molecule has 120 valence electrons. The van der Waals surface area contributed by atoms with Crippen molar-refractivity contribution in [2.24, 2.45) is 5.92 Å². The van der Waals surface area contributed by atoms with Crippen molar-refractivity contribution >= 4 is 29.2 Å². The maximum Gasteiger partial charge on any atom is 0.325 e. The van der Waals surface area contributed by atoms with Gasteiger partial charge >= 0.3 is 5.97 Å². The Bertz CT molecular complexity index is 531. The van der Waals surface area contributed by atoms with Crippen LogP contribution in [0.5, 0.6) is 0 Å². The maximum absolute atomic E-state index is 12.0. The maximum atomic E-state index is 12.0. The predicted octanol–water partition coefficient (Wildman–Crippen LogP) is 1.63. The lowest BCUT2D eigenvalue weighted by Gasteiger charge is -2.33. The molecule has 1 fully saturated rings. The van der Waals surface area contributed by atoms with Crippen LogP contribution in [0.2, 0.25) is 5.02 Å². The molecule has 0 unspecified atom stereocenters. The second-order valence-electron chi connectivity index (χ2n) is 5.11. The minimum atomic E-state index is -0.406. The van der Waals surface area contributed by atoms with Gasteiger partial charge < -0.3 is 15.0 Å². The van der Waals surface area contributed by atoms with Crippen LogP contribution in [-0.2, 0) is 14.3 Å². The molecule has 0 saturated carbocycles. The van der Waals surface area contributed by atoms with Gasteiger partial charge in [0.05, 0.1) is 17.3 Å². The van der Waals surface area contributed by atoms with Gasteiger partial charge in [-0.15, -0.1) is 0 Å². The van der Waals surface area contributed by atoms with E-state index in [1.165, 1.54) is 0 Å². The SMILES string of the molecule is CCOC(=O)CNC(=O)C1CCN(c2ccncc2Cl)CC1. The standard InChI is InChI=1S/C15H20ClN3O3/c1-2-22-14(20)10-18-15(21)11-4-7-19(8-5-11)13-3-6-17-9-12(13)16/h3,6,9,11H,2,4-5,7-8,10H2,1H3,(H,18,21). The number of amides is 1. The smallest absolute Gasteiger partial charge is 0.325 e. The molecule has 2 rings (SSSR count). The molecule has 1 aliphatic heterocycles. The topological polar surface area (TPSA) is 71.5 Å². The number of hydrogen-bond donors (Lipinski definition) is 1. The van der Waals surface area contributed by atoms with Gasteiger partial charge in [-0.05, 0) is 25.8 Å². The fourth-order valence-electron chi connectivity index (χ4n) is 2.52. The third-order valence-electron chi connectivity index (χ3n) is 3.67. The zero-order valence-corrected chi connectivity index (χ0v) is 13.3. The molecule has 0 aliphatic carbocycles. The summed E-state index contributed by atoms with van der Waals surface area (Å²) in [6.07, 6.45) is 4.79. The van der Waals surface area contributed by atoms with Gasteiger partial charge in [-0.2, -0.15) is 0 Å². The molecule has 1 saturated heterocycles. The van der Waals surface area contributed by atoms with E-state index in [-0.39, 0.29) is 18.4 Å². The van der Waals surface area contributed by atoms with Gasteiger partial charge in [-0.1, -0.05) is 11.6 Å². The summed E-state index contributed by atoms with van der Waals surface area (Å²) in [5.74, 6) is -0.573. The summed E-state index contributed by atoms with van der Waals surface area (Å²) in [4.78, 5) is 29.4. The van der Waals surface area contributed by atoms with Crippen molar-refractivity contribution in [3.8, 4) is 0 Å². The minimum absolute atomic E-state index is 0.0664. The number of nitrogens with zero attached hydrogens (tertiary/aromatic N) is 2. The van der Waals surface area contributed by atoms with Crippen LogP contribution in [0.3, 0.4) is 0 Å². The van der Waals surface area contributed by atoms with Crippen molar-refractivity contribution in [1.29, 1.82) is 0 Å². The quantitative estimate of drug-likeness (QED) is 0.833. The molecule has 0 spiro atoms. The molecule has 1 aromatic heterocycles. The van der Waals surface area contributed by atoms with Crippen LogP contribution in [0.4, 0.5) is 5.69 Å². The van der Waals surface area contributed by atoms with Crippen molar-refractivity contribution < 1.29 is 14.3 Å². The first-order chi connectivity index (χ1) is 10.6. The fraction of sp³-hybridized carbons (Fsp3) is 0.533. The Labute approximate surface area is 134 Å². The Morgan fingerprint density at radius 2 is 2.18 bits per heavy atom. The first kappa shape index (κ1) is 16.5. The Hall–Kier alpha value is -1.82. The summed E-state index contributed by atoms with van der Waals surface area (Å²) >= 11 is 6.14. The van der Waals surface area contributed by atoms with E-state index >= 15 is 0 Å². The largest absolute Gasteiger partial charge is 0.465 e. The molecule has 0 atom stereocenters. The van der Waals surface area contributed by atoms with Gasteiger partial charge in [0.15, 0.2) is 0 Å². The Morgan fingerprint density at radius 3 is 2.82 bits per heavy atom. The highest BCUT2D eigenvalue weighted by Gasteiger charge is 2.26. The zero-order chi connectivity index (χ0) is 15.9. The second kappa shape index (κ2) is 7.98. The molecule has 7 heteroatoms. The number of pyridine rings is 1. The first-order valence-electron chi connectivity index (χ1n) is 7.39. The predicted molar refractivity (Wildman–Crippen MR) is 83.8 cm³/mol. The van der Waals surface area contributed by atoms with E-state index in [1.54, 1.807) is 19.3 Å². The van der Waals surface area contributed by atoms with Crippen LogP contribution in [0.1, 0.15) is 19.8 Å². The molecule has 0 bridgehead atoms. The van der Waals surface area contributed by atoms with Gasteiger partial charge in [-0.3, -0.25) is 14.6 Å². The molecule has 22 heavy (non-hydrogen) atoms. The van der Waals surface area contributed by atoms with Gasteiger partial charge in [-0.25, -0.2) is 0 Å². The summed E-state index contributed by atoms with van der Waals surface area (Å²) < 4.78 is 4.79. The van der Waals surface area contributed by atoms with Crippen molar-refractivity contribution in [2.75, 3.05) is 31.1 Å². The van der Waals surface area contributed by atoms with Gasteiger partial charge in [0.1, 0.15) is 6.54 Å². The summed E-state index contributed by atoms with van der Waals surface area (Å²) in [5.41, 5.74) is 0.946. The van der Waals surface area contributed by atoms with Crippen LogP contribution in [0, 0.1) is 5.92 Å². The van der Waals surface area contributed by atoms with E-state index in [4.69, 9.17) is 16.3 Å². The normalized spacial score (nSPS) is 15.5. The number of nitrogens with one attached hydrogen (secondary N) is 1. The van der Waals surface area contributed by atoms with Gasteiger partial charge in [0, 0.05) is 31.4 Å². The second-order valence-corrected chi connectivity index (χ2v) is 5.52. The molecule has 0 radical (unpaired) electrons. The number of esters is 1. The monoisotopic (exact) mass is 325 g/mol. The average Bonchev–Trinajstić information content (AvgIpc) is 2.53. The molecular formula is C15H20ClN3O3. The van der Waals surface area contributed by atoms with Crippen molar-refractivity contribution in [3.63, 3.8) is 0 Å². The Kier molecular flexibility index (Phi) is 6.00. The van der Waals surface area contributed by atoms with Gasteiger partial charge in [0.2, 0.25) is 5.91 Å². The number of anilines is 1. The van der Waals surface area contributed by atoms with Gasteiger partial charge in [0.25, 0.3) is 0 Å².